The van der Waals surface area contributed by atoms with E-state index < -0.39 is 53.1 Å². The fourth-order valence-electron chi connectivity index (χ4n) is 4.58. The Morgan fingerprint density at radius 3 is 2.34 bits per heavy atom. The molecule has 0 fully saturated rings. The molecule has 0 spiro atoms. The van der Waals surface area contributed by atoms with Gasteiger partial charge in [-0.05, 0) is 60.4 Å². The van der Waals surface area contributed by atoms with Gasteiger partial charge < -0.3 is 15.6 Å². The molecule has 1 unspecified atom stereocenters. The van der Waals surface area contributed by atoms with Crippen molar-refractivity contribution in [3.05, 3.63) is 113 Å². The first-order chi connectivity index (χ1) is 19.4. The van der Waals surface area contributed by atoms with E-state index in [4.69, 9.17) is 5.73 Å². The lowest BCUT2D eigenvalue weighted by molar-refractivity contribution is -0.137. The highest BCUT2D eigenvalue weighted by atomic mass is 19.4. The molecular formula is C29H24F6N4O2. The Bertz CT molecular complexity index is 1560. The van der Waals surface area contributed by atoms with Gasteiger partial charge in [0.25, 0.3) is 5.91 Å². The van der Waals surface area contributed by atoms with Crippen molar-refractivity contribution in [2.45, 2.75) is 38.0 Å². The van der Waals surface area contributed by atoms with Crippen LogP contribution in [0, 0.1) is 17.5 Å². The number of rotatable bonds is 9. The van der Waals surface area contributed by atoms with Crippen molar-refractivity contribution in [2.75, 3.05) is 0 Å². The number of benzene rings is 2. The molecule has 214 valence electrons. The van der Waals surface area contributed by atoms with Crippen LogP contribution < -0.4 is 11.1 Å². The third-order valence-electron chi connectivity index (χ3n) is 6.48. The lowest BCUT2D eigenvalue weighted by Gasteiger charge is -2.25. The lowest BCUT2D eigenvalue weighted by Crippen LogP contribution is -2.36. The molecule has 0 saturated heterocycles. The molecular weight excluding hydrogens is 550 g/mol. The monoisotopic (exact) mass is 574 g/mol. The number of primary amides is 1. The van der Waals surface area contributed by atoms with Crippen molar-refractivity contribution in [1.82, 2.24) is 14.9 Å². The van der Waals surface area contributed by atoms with Crippen molar-refractivity contribution in [1.29, 1.82) is 0 Å². The SMILES string of the molecule is CCC(C(=O)N[C@@H](Cc1cc(F)cc(F)c1)c1ncccc1-c1ccc(F)c(C(N)=O)c1)n1ccc(C(F)(F)F)c1. The summed E-state index contributed by atoms with van der Waals surface area (Å²) < 4.78 is 82.9. The normalized spacial score (nSPS) is 13.0. The first-order valence-electron chi connectivity index (χ1n) is 12.4. The van der Waals surface area contributed by atoms with Crippen molar-refractivity contribution >= 4 is 11.8 Å². The molecule has 0 saturated carbocycles. The maximum absolute atomic E-state index is 14.2. The van der Waals surface area contributed by atoms with Crippen LogP contribution in [0.25, 0.3) is 11.1 Å². The van der Waals surface area contributed by atoms with E-state index in [-0.39, 0.29) is 29.7 Å². The van der Waals surface area contributed by atoms with E-state index >= 15 is 0 Å². The maximum atomic E-state index is 14.2. The number of halogens is 6. The molecule has 4 rings (SSSR count). The van der Waals surface area contributed by atoms with Crippen molar-refractivity contribution < 1.29 is 35.9 Å². The maximum Gasteiger partial charge on any atom is 0.417 e. The number of hydrogen-bond acceptors (Lipinski definition) is 3. The molecule has 0 bridgehead atoms. The van der Waals surface area contributed by atoms with Gasteiger partial charge in [0.05, 0.1) is 22.9 Å². The van der Waals surface area contributed by atoms with Crippen LogP contribution in [-0.4, -0.2) is 21.4 Å². The summed E-state index contributed by atoms with van der Waals surface area (Å²) in [4.78, 5) is 29.6. The number of amides is 2. The molecule has 0 aliphatic carbocycles. The molecule has 2 aromatic carbocycles. The Morgan fingerprint density at radius 1 is 1.02 bits per heavy atom. The number of nitrogens with one attached hydrogen (secondary N) is 1. The average molecular weight is 575 g/mol. The molecule has 2 aromatic heterocycles. The van der Waals surface area contributed by atoms with Crippen molar-refractivity contribution in [3.8, 4) is 11.1 Å². The molecule has 12 heteroatoms. The van der Waals surface area contributed by atoms with E-state index in [9.17, 15) is 35.9 Å². The zero-order valence-corrected chi connectivity index (χ0v) is 21.6. The predicted molar refractivity (Wildman–Crippen MR) is 138 cm³/mol. The van der Waals surface area contributed by atoms with Crippen molar-refractivity contribution in [3.63, 3.8) is 0 Å². The van der Waals surface area contributed by atoms with Crippen LogP contribution in [0.5, 0.6) is 0 Å². The Labute approximate surface area is 230 Å². The molecule has 2 atom stereocenters. The zero-order chi connectivity index (χ0) is 29.9. The third-order valence-corrected chi connectivity index (χ3v) is 6.48. The first kappa shape index (κ1) is 29.4. The fourth-order valence-corrected chi connectivity index (χ4v) is 4.58. The van der Waals surface area contributed by atoms with Crippen LogP contribution in [0.1, 0.15) is 52.6 Å². The highest BCUT2D eigenvalue weighted by Crippen LogP contribution is 2.32. The van der Waals surface area contributed by atoms with Crippen LogP contribution in [-0.2, 0) is 17.4 Å². The van der Waals surface area contributed by atoms with Crippen LogP contribution >= 0.6 is 0 Å². The molecule has 2 heterocycles. The number of alkyl halides is 3. The van der Waals surface area contributed by atoms with Crippen molar-refractivity contribution in [2.24, 2.45) is 5.73 Å². The van der Waals surface area contributed by atoms with Gasteiger partial charge in [0.2, 0.25) is 5.91 Å². The third kappa shape index (κ3) is 6.76. The van der Waals surface area contributed by atoms with Gasteiger partial charge in [-0.2, -0.15) is 13.2 Å². The summed E-state index contributed by atoms with van der Waals surface area (Å²) in [7, 11) is 0. The van der Waals surface area contributed by atoms with E-state index in [1.165, 1.54) is 18.3 Å². The number of nitrogens with two attached hydrogens (primary N) is 1. The summed E-state index contributed by atoms with van der Waals surface area (Å²) in [6.07, 6.45) is -1.28. The fraction of sp³-hybridized carbons (Fsp3) is 0.207. The van der Waals surface area contributed by atoms with Crippen LogP contribution in [0.2, 0.25) is 0 Å². The number of aromatic nitrogens is 2. The minimum absolute atomic E-state index is 0.119. The number of nitrogens with zero attached hydrogens (tertiary/aromatic N) is 2. The van der Waals surface area contributed by atoms with Gasteiger partial charge in [0.1, 0.15) is 23.5 Å². The summed E-state index contributed by atoms with van der Waals surface area (Å²) in [5.74, 6) is -4.23. The molecule has 0 aliphatic rings. The summed E-state index contributed by atoms with van der Waals surface area (Å²) in [5, 5.41) is 2.76. The minimum Gasteiger partial charge on any atom is -0.366 e. The second kappa shape index (κ2) is 11.9. The lowest BCUT2D eigenvalue weighted by atomic mass is 9.94. The number of pyridine rings is 1. The molecule has 41 heavy (non-hydrogen) atoms. The molecule has 6 nitrogen and oxygen atoms in total. The van der Waals surface area contributed by atoms with Gasteiger partial charge in [-0.3, -0.25) is 14.6 Å². The topological polar surface area (TPSA) is 90.0 Å². The number of carbonyl (C=O) groups excluding carboxylic acids is 2. The summed E-state index contributed by atoms with van der Waals surface area (Å²) >= 11 is 0. The van der Waals surface area contributed by atoms with E-state index in [2.05, 4.69) is 10.3 Å². The Morgan fingerprint density at radius 2 is 1.73 bits per heavy atom. The zero-order valence-electron chi connectivity index (χ0n) is 21.6. The predicted octanol–water partition coefficient (Wildman–Crippen LogP) is 6.14. The van der Waals surface area contributed by atoms with Gasteiger partial charge in [0, 0.05) is 30.2 Å². The quantitative estimate of drug-likeness (QED) is 0.236. The van der Waals surface area contributed by atoms with Gasteiger partial charge in [-0.25, -0.2) is 13.2 Å². The summed E-state index contributed by atoms with van der Waals surface area (Å²) in [6, 6.07) is 8.35. The average Bonchev–Trinajstić information content (AvgIpc) is 3.39. The largest absolute Gasteiger partial charge is 0.417 e. The van der Waals surface area contributed by atoms with Gasteiger partial charge in [-0.1, -0.05) is 19.1 Å². The summed E-state index contributed by atoms with van der Waals surface area (Å²) in [6.45, 7) is 1.62. The second-order valence-corrected chi connectivity index (χ2v) is 9.31. The Hall–Kier alpha value is -4.61. The highest BCUT2D eigenvalue weighted by Gasteiger charge is 2.33. The van der Waals surface area contributed by atoms with E-state index in [0.29, 0.717) is 17.2 Å². The molecule has 3 N–H and O–H groups in total. The molecule has 4 aromatic rings. The Kier molecular flexibility index (Phi) is 8.50. The van der Waals surface area contributed by atoms with E-state index in [1.807, 2.05) is 0 Å². The van der Waals surface area contributed by atoms with Gasteiger partial charge >= 0.3 is 6.18 Å². The number of hydrogen-bond donors (Lipinski definition) is 2. The van der Waals surface area contributed by atoms with Gasteiger partial charge in [-0.15, -0.1) is 0 Å². The minimum atomic E-state index is -4.61. The van der Waals surface area contributed by atoms with Crippen LogP contribution in [0.4, 0.5) is 26.3 Å². The van der Waals surface area contributed by atoms with E-state index in [1.54, 1.807) is 19.1 Å². The van der Waals surface area contributed by atoms with E-state index in [0.717, 1.165) is 41.2 Å². The standard InChI is InChI=1S/C29H24F6N4O2/c1-2-25(39-9-7-18(15-39)29(33,34)35)28(41)38-24(12-16-10-19(30)14-20(31)11-16)26-21(4-3-8-37-26)17-5-6-23(32)22(13-17)27(36)40/h3-11,13-15,24-25H,2,12H2,1H3,(H2,36,40)(H,38,41)/t24-,25?/m0/s1. The molecule has 0 radical (unpaired) electrons. The molecule has 0 aliphatic heterocycles. The van der Waals surface area contributed by atoms with Crippen LogP contribution in [0.3, 0.4) is 0 Å². The second-order valence-electron chi connectivity index (χ2n) is 9.31. The molecule has 2 amide bonds. The number of carbonyl (C=O) groups is 2. The Balaban J connectivity index is 1.77. The summed E-state index contributed by atoms with van der Waals surface area (Å²) in [5.41, 5.74) is 5.01. The van der Waals surface area contributed by atoms with Crippen LogP contribution in [0.15, 0.2) is 73.2 Å². The first-order valence-corrected chi connectivity index (χ1v) is 12.4. The van der Waals surface area contributed by atoms with Gasteiger partial charge in [0.15, 0.2) is 0 Å². The smallest absolute Gasteiger partial charge is 0.366 e. The highest BCUT2D eigenvalue weighted by molar-refractivity contribution is 5.94.